The lowest BCUT2D eigenvalue weighted by molar-refractivity contribution is -0.132. The molecule has 1 heterocycles. The minimum absolute atomic E-state index is 0.0216. The van der Waals surface area contributed by atoms with Gasteiger partial charge in [-0.3, -0.25) is 14.4 Å². The van der Waals surface area contributed by atoms with E-state index in [2.05, 4.69) is 12.2 Å². The second-order valence-corrected chi connectivity index (χ2v) is 7.45. The lowest BCUT2D eigenvalue weighted by atomic mass is 10.1. The first-order valence-electron chi connectivity index (χ1n) is 10.6. The first-order valence-corrected chi connectivity index (χ1v) is 10.6. The summed E-state index contributed by atoms with van der Waals surface area (Å²) < 4.78 is 0. The van der Waals surface area contributed by atoms with Crippen LogP contribution >= 0.6 is 0 Å². The largest absolute Gasteiger partial charge is 0.352 e. The summed E-state index contributed by atoms with van der Waals surface area (Å²) in [5.41, 5.74) is 2.53. The number of amides is 3. The Labute approximate surface area is 177 Å². The number of aryl methyl sites for hydroxylation is 1. The van der Waals surface area contributed by atoms with Crippen LogP contribution in [0.3, 0.4) is 0 Å². The number of nitrogens with zero attached hydrogens (tertiary/aromatic N) is 2. The molecule has 1 N–H and O–H groups in total. The van der Waals surface area contributed by atoms with Gasteiger partial charge in [0.1, 0.15) is 0 Å². The molecule has 0 radical (unpaired) electrons. The molecule has 0 bridgehead atoms. The standard InChI is InChI=1S/C24H29N3O3/c1-2-19-10-12-21(13-11-19)24(30)27-17-15-26(16-18-27)22(28)9-6-14-25-23(29)20-7-4-3-5-8-20/h3-5,7-8,10-13H,2,6,9,14-18H2,1H3,(H,25,29). The van der Waals surface area contributed by atoms with E-state index in [9.17, 15) is 14.4 Å². The summed E-state index contributed by atoms with van der Waals surface area (Å²) in [7, 11) is 0. The molecule has 0 aliphatic carbocycles. The summed E-state index contributed by atoms with van der Waals surface area (Å²) in [6.07, 6.45) is 1.94. The van der Waals surface area contributed by atoms with Crippen LogP contribution in [0.25, 0.3) is 0 Å². The second-order valence-electron chi connectivity index (χ2n) is 7.45. The zero-order valence-electron chi connectivity index (χ0n) is 17.5. The first kappa shape index (κ1) is 21.6. The molecule has 6 heteroatoms. The molecular formula is C24H29N3O3. The molecule has 1 aliphatic rings. The van der Waals surface area contributed by atoms with Crippen molar-refractivity contribution in [2.45, 2.75) is 26.2 Å². The summed E-state index contributed by atoms with van der Waals surface area (Å²) in [4.78, 5) is 40.7. The molecule has 0 spiro atoms. The van der Waals surface area contributed by atoms with Crippen molar-refractivity contribution < 1.29 is 14.4 Å². The predicted octanol–water partition coefficient (Wildman–Crippen LogP) is 2.74. The van der Waals surface area contributed by atoms with Gasteiger partial charge in [-0.15, -0.1) is 0 Å². The summed E-state index contributed by atoms with van der Waals surface area (Å²) in [6, 6.07) is 16.8. The molecular weight excluding hydrogens is 378 g/mol. The van der Waals surface area contributed by atoms with Gasteiger partial charge in [0.15, 0.2) is 0 Å². The minimum atomic E-state index is -0.123. The van der Waals surface area contributed by atoms with Gasteiger partial charge >= 0.3 is 0 Å². The molecule has 158 valence electrons. The fraction of sp³-hybridized carbons (Fsp3) is 0.375. The molecule has 3 rings (SSSR count). The monoisotopic (exact) mass is 407 g/mol. The molecule has 0 aromatic heterocycles. The minimum Gasteiger partial charge on any atom is -0.352 e. The number of nitrogens with one attached hydrogen (secondary N) is 1. The second kappa shape index (κ2) is 10.6. The maximum Gasteiger partial charge on any atom is 0.253 e. The quantitative estimate of drug-likeness (QED) is 0.718. The van der Waals surface area contributed by atoms with E-state index >= 15 is 0 Å². The van der Waals surface area contributed by atoms with Gasteiger partial charge in [-0.25, -0.2) is 0 Å². The van der Waals surface area contributed by atoms with Gasteiger partial charge < -0.3 is 15.1 Å². The molecule has 3 amide bonds. The van der Waals surface area contributed by atoms with Crippen molar-refractivity contribution in [1.82, 2.24) is 15.1 Å². The predicted molar refractivity (Wildman–Crippen MR) is 116 cm³/mol. The van der Waals surface area contributed by atoms with E-state index < -0.39 is 0 Å². The Morgan fingerprint density at radius 1 is 0.833 bits per heavy atom. The molecule has 0 saturated carbocycles. The molecule has 30 heavy (non-hydrogen) atoms. The fourth-order valence-corrected chi connectivity index (χ4v) is 3.52. The van der Waals surface area contributed by atoms with Crippen LogP contribution in [-0.2, 0) is 11.2 Å². The van der Waals surface area contributed by atoms with Crippen LogP contribution < -0.4 is 5.32 Å². The molecule has 6 nitrogen and oxygen atoms in total. The first-order chi connectivity index (χ1) is 14.6. The van der Waals surface area contributed by atoms with Crippen molar-refractivity contribution in [3.63, 3.8) is 0 Å². The van der Waals surface area contributed by atoms with Crippen molar-refractivity contribution in [1.29, 1.82) is 0 Å². The normalized spacial score (nSPS) is 13.8. The highest BCUT2D eigenvalue weighted by atomic mass is 16.2. The number of carbonyl (C=O) groups excluding carboxylic acids is 3. The van der Waals surface area contributed by atoms with E-state index in [1.807, 2.05) is 52.3 Å². The molecule has 0 unspecified atom stereocenters. The van der Waals surface area contributed by atoms with Crippen LogP contribution in [0.5, 0.6) is 0 Å². The number of hydrogen-bond donors (Lipinski definition) is 1. The van der Waals surface area contributed by atoms with Gasteiger partial charge in [0.25, 0.3) is 11.8 Å². The highest BCUT2D eigenvalue weighted by molar-refractivity contribution is 5.94. The topological polar surface area (TPSA) is 69.7 Å². The van der Waals surface area contributed by atoms with Gasteiger partial charge in [0.2, 0.25) is 5.91 Å². The van der Waals surface area contributed by atoms with Gasteiger partial charge in [-0.05, 0) is 42.7 Å². The summed E-state index contributed by atoms with van der Waals surface area (Å²) in [6.45, 7) is 4.74. The molecule has 2 aromatic carbocycles. The fourth-order valence-electron chi connectivity index (χ4n) is 3.52. The molecule has 2 aromatic rings. The average molecular weight is 408 g/mol. The van der Waals surface area contributed by atoms with E-state index in [1.165, 1.54) is 5.56 Å². The highest BCUT2D eigenvalue weighted by Gasteiger charge is 2.24. The van der Waals surface area contributed by atoms with Crippen LogP contribution in [-0.4, -0.2) is 60.2 Å². The zero-order valence-corrected chi connectivity index (χ0v) is 17.5. The number of hydrogen-bond acceptors (Lipinski definition) is 3. The summed E-state index contributed by atoms with van der Waals surface area (Å²) in [5.74, 6) is -0.0288. The van der Waals surface area contributed by atoms with E-state index in [1.54, 1.807) is 12.1 Å². The van der Waals surface area contributed by atoms with Crippen molar-refractivity contribution in [3.05, 3.63) is 71.3 Å². The van der Waals surface area contributed by atoms with Crippen molar-refractivity contribution in [2.24, 2.45) is 0 Å². The summed E-state index contributed by atoms with van der Waals surface area (Å²) >= 11 is 0. The third-order valence-electron chi connectivity index (χ3n) is 5.42. The Kier molecular flexibility index (Phi) is 7.60. The third-order valence-corrected chi connectivity index (χ3v) is 5.42. The summed E-state index contributed by atoms with van der Waals surface area (Å²) in [5, 5.41) is 2.84. The van der Waals surface area contributed by atoms with Crippen LogP contribution in [0.2, 0.25) is 0 Å². The molecule has 1 fully saturated rings. The molecule has 1 aliphatic heterocycles. The number of piperazine rings is 1. The van der Waals surface area contributed by atoms with Crippen molar-refractivity contribution >= 4 is 17.7 Å². The Morgan fingerprint density at radius 2 is 1.47 bits per heavy atom. The van der Waals surface area contributed by atoms with Crippen LogP contribution in [0.15, 0.2) is 54.6 Å². The third kappa shape index (κ3) is 5.69. The average Bonchev–Trinajstić information content (AvgIpc) is 2.81. The van der Waals surface area contributed by atoms with Gasteiger partial charge in [-0.1, -0.05) is 37.3 Å². The smallest absolute Gasteiger partial charge is 0.253 e. The van der Waals surface area contributed by atoms with Gasteiger partial charge in [0.05, 0.1) is 0 Å². The number of benzene rings is 2. The zero-order chi connectivity index (χ0) is 21.3. The van der Waals surface area contributed by atoms with Crippen LogP contribution in [0.1, 0.15) is 46.0 Å². The van der Waals surface area contributed by atoms with E-state index in [0.29, 0.717) is 56.7 Å². The maximum atomic E-state index is 12.6. The lowest BCUT2D eigenvalue weighted by Gasteiger charge is -2.35. The van der Waals surface area contributed by atoms with Crippen LogP contribution in [0.4, 0.5) is 0 Å². The highest BCUT2D eigenvalue weighted by Crippen LogP contribution is 2.12. The van der Waals surface area contributed by atoms with Crippen molar-refractivity contribution in [2.75, 3.05) is 32.7 Å². The molecule has 0 atom stereocenters. The number of carbonyl (C=O) groups is 3. The van der Waals surface area contributed by atoms with Gasteiger partial charge in [0, 0.05) is 50.3 Å². The van der Waals surface area contributed by atoms with Crippen molar-refractivity contribution in [3.8, 4) is 0 Å². The van der Waals surface area contributed by atoms with E-state index in [4.69, 9.17) is 0 Å². The van der Waals surface area contributed by atoms with Crippen LogP contribution in [0, 0.1) is 0 Å². The van der Waals surface area contributed by atoms with E-state index in [0.717, 1.165) is 6.42 Å². The number of rotatable bonds is 7. The lowest BCUT2D eigenvalue weighted by Crippen LogP contribution is -2.50. The van der Waals surface area contributed by atoms with E-state index in [-0.39, 0.29) is 17.7 Å². The SMILES string of the molecule is CCc1ccc(C(=O)N2CCN(C(=O)CCCNC(=O)c3ccccc3)CC2)cc1. The Hall–Kier alpha value is -3.15. The Morgan fingerprint density at radius 3 is 2.10 bits per heavy atom. The Bertz CT molecular complexity index is 857. The maximum absolute atomic E-state index is 12.6. The van der Waals surface area contributed by atoms with Gasteiger partial charge in [-0.2, -0.15) is 0 Å². The Balaban J connectivity index is 1.37. The molecule has 1 saturated heterocycles.